The summed E-state index contributed by atoms with van der Waals surface area (Å²) < 4.78 is 14.3. The molecule has 1 saturated carbocycles. The number of primary amides is 1. The van der Waals surface area contributed by atoms with E-state index in [1.807, 2.05) is 55.5 Å². The van der Waals surface area contributed by atoms with Crippen LogP contribution in [0.15, 0.2) is 72.9 Å². The second-order valence-corrected chi connectivity index (χ2v) is 9.51. The van der Waals surface area contributed by atoms with Crippen LogP contribution >= 0.6 is 11.6 Å². The molecular weight excluding hydrogens is 463 g/mol. The molecular formula is C28H26ClFN4O. The van der Waals surface area contributed by atoms with Crippen molar-refractivity contribution in [2.24, 2.45) is 5.73 Å². The summed E-state index contributed by atoms with van der Waals surface area (Å²) in [7, 11) is 0. The number of nitrogens with two attached hydrogens (primary N) is 1. The first-order valence-electron chi connectivity index (χ1n) is 11.6. The van der Waals surface area contributed by atoms with Crippen molar-refractivity contribution in [3.8, 4) is 11.1 Å². The van der Waals surface area contributed by atoms with Gasteiger partial charge in [0.05, 0.1) is 27.8 Å². The Bertz CT molecular complexity index is 1400. The molecule has 0 aliphatic heterocycles. The van der Waals surface area contributed by atoms with Crippen LogP contribution < -0.4 is 16.4 Å². The molecule has 4 aromatic rings. The number of carbonyl (C=O) groups is 1. The lowest BCUT2D eigenvalue weighted by atomic mass is 9.71. The molecule has 3 aromatic carbocycles. The number of aromatic nitrogens is 1. The number of halogens is 2. The van der Waals surface area contributed by atoms with Gasteiger partial charge in [-0.2, -0.15) is 0 Å². The molecule has 4 N–H and O–H groups in total. The van der Waals surface area contributed by atoms with Crippen LogP contribution in [0.4, 0.5) is 14.9 Å². The van der Waals surface area contributed by atoms with Gasteiger partial charge in [-0.3, -0.25) is 4.98 Å². The van der Waals surface area contributed by atoms with Crippen molar-refractivity contribution in [1.29, 1.82) is 0 Å². The minimum atomic E-state index is -0.502. The van der Waals surface area contributed by atoms with E-state index in [0.717, 1.165) is 46.9 Å². The van der Waals surface area contributed by atoms with Gasteiger partial charge in [-0.1, -0.05) is 60.1 Å². The van der Waals surface area contributed by atoms with Gasteiger partial charge in [-0.15, -0.1) is 0 Å². The molecule has 5 nitrogen and oxygen atoms in total. The summed E-state index contributed by atoms with van der Waals surface area (Å²) in [5.74, 6) is -0.266. The van der Waals surface area contributed by atoms with Gasteiger partial charge >= 0.3 is 6.03 Å². The number of amides is 2. The highest BCUT2D eigenvalue weighted by Crippen LogP contribution is 2.42. The van der Waals surface area contributed by atoms with Crippen LogP contribution in [0.1, 0.15) is 43.4 Å². The highest BCUT2D eigenvalue weighted by atomic mass is 35.5. The molecule has 1 fully saturated rings. The second-order valence-electron chi connectivity index (χ2n) is 9.10. The SMILES string of the molecule is CC(Nc1c(Cl)cnc2ccc(-c3ccc(C4(NC(N)=O)CCC4)cc3)cc12)c1ccccc1F. The molecule has 35 heavy (non-hydrogen) atoms. The highest BCUT2D eigenvalue weighted by Gasteiger charge is 2.39. The van der Waals surface area contributed by atoms with Crippen LogP contribution in [0, 0.1) is 5.82 Å². The number of anilines is 1. The molecule has 1 aromatic heterocycles. The monoisotopic (exact) mass is 488 g/mol. The van der Waals surface area contributed by atoms with Crippen LogP contribution in [0.2, 0.25) is 5.02 Å². The fourth-order valence-corrected chi connectivity index (χ4v) is 5.05. The highest BCUT2D eigenvalue weighted by molar-refractivity contribution is 6.34. The number of nitrogens with one attached hydrogen (secondary N) is 2. The van der Waals surface area contributed by atoms with Crippen LogP contribution in [-0.4, -0.2) is 11.0 Å². The summed E-state index contributed by atoms with van der Waals surface area (Å²) >= 11 is 6.54. The summed E-state index contributed by atoms with van der Waals surface area (Å²) in [5.41, 5.74) is 10.2. The number of rotatable bonds is 6. The Labute approximate surface area is 208 Å². The normalized spacial score (nSPS) is 15.3. The van der Waals surface area contributed by atoms with Gasteiger partial charge in [-0.25, -0.2) is 9.18 Å². The Balaban J connectivity index is 1.48. The van der Waals surface area contributed by atoms with Crippen LogP contribution in [-0.2, 0) is 5.54 Å². The second kappa shape index (κ2) is 9.19. The fourth-order valence-electron chi connectivity index (χ4n) is 4.85. The van der Waals surface area contributed by atoms with E-state index in [9.17, 15) is 9.18 Å². The van der Waals surface area contributed by atoms with E-state index in [4.69, 9.17) is 17.3 Å². The Morgan fingerprint density at radius 3 is 2.46 bits per heavy atom. The predicted octanol–water partition coefficient (Wildman–Crippen LogP) is 6.91. The minimum Gasteiger partial charge on any atom is -0.377 e. The van der Waals surface area contributed by atoms with Gasteiger partial charge in [0.15, 0.2) is 0 Å². The molecule has 0 spiro atoms. The largest absolute Gasteiger partial charge is 0.377 e. The summed E-state index contributed by atoms with van der Waals surface area (Å²) in [4.78, 5) is 16.0. The lowest BCUT2D eigenvalue weighted by molar-refractivity contribution is 0.183. The van der Waals surface area contributed by atoms with Crippen molar-refractivity contribution in [2.75, 3.05) is 5.32 Å². The van der Waals surface area contributed by atoms with E-state index in [0.29, 0.717) is 16.3 Å². The Morgan fingerprint density at radius 1 is 1.09 bits per heavy atom. The molecule has 178 valence electrons. The molecule has 1 atom stereocenters. The molecule has 1 aliphatic carbocycles. The zero-order valence-corrected chi connectivity index (χ0v) is 20.1. The molecule has 5 rings (SSSR count). The number of carbonyl (C=O) groups excluding carboxylic acids is 1. The van der Waals surface area contributed by atoms with E-state index in [-0.39, 0.29) is 17.4 Å². The van der Waals surface area contributed by atoms with E-state index in [1.165, 1.54) is 6.07 Å². The standard InChI is InChI=1S/C28H26ClFN4O/c1-17(21-5-2-3-6-24(21)30)33-26-22-15-19(9-12-25(22)32-16-23(26)29)18-7-10-20(11-8-18)28(13-4-14-28)34-27(31)35/h2-3,5-12,15-17H,4,13-14H2,1H3,(H,32,33)(H3,31,34,35). The van der Waals surface area contributed by atoms with Crippen molar-refractivity contribution in [3.63, 3.8) is 0 Å². The van der Waals surface area contributed by atoms with Gasteiger partial charge in [0.25, 0.3) is 0 Å². The first-order chi connectivity index (χ1) is 16.9. The number of fused-ring (bicyclic) bond motifs is 1. The van der Waals surface area contributed by atoms with Gasteiger partial charge in [-0.05, 0) is 61.1 Å². The third-order valence-electron chi connectivity index (χ3n) is 6.89. The Hall–Kier alpha value is -3.64. The third-order valence-corrected chi connectivity index (χ3v) is 7.18. The van der Waals surface area contributed by atoms with Crippen molar-refractivity contribution in [3.05, 3.63) is 94.9 Å². The van der Waals surface area contributed by atoms with E-state index < -0.39 is 6.03 Å². The predicted molar refractivity (Wildman–Crippen MR) is 139 cm³/mol. The lowest BCUT2D eigenvalue weighted by Gasteiger charge is -2.42. The molecule has 1 heterocycles. The van der Waals surface area contributed by atoms with E-state index in [2.05, 4.69) is 15.6 Å². The van der Waals surface area contributed by atoms with Crippen LogP contribution in [0.25, 0.3) is 22.0 Å². The fraction of sp³-hybridized carbons (Fsp3) is 0.214. The van der Waals surface area contributed by atoms with Gasteiger partial charge in [0.2, 0.25) is 0 Å². The smallest absolute Gasteiger partial charge is 0.312 e. The van der Waals surface area contributed by atoms with E-state index in [1.54, 1.807) is 18.3 Å². The average molecular weight is 489 g/mol. The summed E-state index contributed by atoms with van der Waals surface area (Å²) in [5, 5.41) is 7.63. The van der Waals surface area contributed by atoms with Gasteiger partial charge in [0.1, 0.15) is 5.82 Å². The molecule has 0 saturated heterocycles. The third kappa shape index (κ3) is 4.42. The number of nitrogens with zero attached hydrogens (tertiary/aromatic N) is 1. The van der Waals surface area contributed by atoms with E-state index >= 15 is 0 Å². The zero-order chi connectivity index (χ0) is 24.6. The van der Waals surface area contributed by atoms with Gasteiger partial charge < -0.3 is 16.4 Å². The number of hydrogen-bond donors (Lipinski definition) is 3. The molecule has 7 heteroatoms. The molecule has 2 amide bonds. The molecule has 0 radical (unpaired) electrons. The number of hydrogen-bond acceptors (Lipinski definition) is 3. The van der Waals surface area contributed by atoms with Crippen molar-refractivity contribution in [1.82, 2.24) is 10.3 Å². The number of benzene rings is 3. The minimum absolute atomic E-state index is 0.266. The van der Waals surface area contributed by atoms with Crippen LogP contribution in [0.5, 0.6) is 0 Å². The zero-order valence-electron chi connectivity index (χ0n) is 19.3. The average Bonchev–Trinajstić information content (AvgIpc) is 2.83. The molecule has 0 bridgehead atoms. The van der Waals surface area contributed by atoms with Gasteiger partial charge in [0, 0.05) is 17.1 Å². The lowest BCUT2D eigenvalue weighted by Crippen LogP contribution is -2.52. The summed E-state index contributed by atoms with van der Waals surface area (Å²) in [6.45, 7) is 1.90. The topological polar surface area (TPSA) is 80.0 Å². The first kappa shape index (κ1) is 23.1. The maximum absolute atomic E-state index is 14.3. The number of urea groups is 1. The van der Waals surface area contributed by atoms with Crippen LogP contribution in [0.3, 0.4) is 0 Å². The Morgan fingerprint density at radius 2 is 1.80 bits per heavy atom. The number of pyridine rings is 1. The molecule has 1 aliphatic rings. The molecule has 1 unspecified atom stereocenters. The maximum atomic E-state index is 14.3. The van der Waals surface area contributed by atoms with Crippen molar-refractivity contribution >= 4 is 34.2 Å². The Kier molecular flexibility index (Phi) is 6.07. The summed E-state index contributed by atoms with van der Waals surface area (Å²) in [6.07, 6.45) is 4.43. The van der Waals surface area contributed by atoms with Crippen molar-refractivity contribution < 1.29 is 9.18 Å². The summed E-state index contributed by atoms with van der Waals surface area (Å²) in [6, 6.07) is 20.1. The van der Waals surface area contributed by atoms with Crippen molar-refractivity contribution in [2.45, 2.75) is 37.8 Å². The maximum Gasteiger partial charge on any atom is 0.312 e. The quantitative estimate of drug-likeness (QED) is 0.275. The first-order valence-corrected chi connectivity index (χ1v) is 12.0.